The zero-order valence-corrected chi connectivity index (χ0v) is 19.2. The molecule has 3 aromatic rings. The van der Waals surface area contributed by atoms with Crippen molar-refractivity contribution < 1.29 is 14.3 Å². The van der Waals surface area contributed by atoms with Gasteiger partial charge >= 0.3 is 0 Å². The zero-order chi connectivity index (χ0) is 21.0. The molecule has 1 unspecified atom stereocenters. The van der Waals surface area contributed by atoms with Gasteiger partial charge < -0.3 is 14.4 Å². The normalized spacial score (nSPS) is 19.4. The molecule has 0 saturated heterocycles. The number of halogens is 1. The van der Waals surface area contributed by atoms with Crippen LogP contribution in [0.5, 0.6) is 11.6 Å². The van der Waals surface area contributed by atoms with Gasteiger partial charge in [0.05, 0.1) is 24.3 Å². The Morgan fingerprint density at radius 2 is 2.17 bits per heavy atom. The summed E-state index contributed by atoms with van der Waals surface area (Å²) in [6, 6.07) is 9.46. The van der Waals surface area contributed by atoms with Crippen molar-refractivity contribution in [2.75, 3.05) is 18.6 Å². The highest BCUT2D eigenvalue weighted by atomic mass is 79.9. The van der Waals surface area contributed by atoms with Crippen molar-refractivity contribution in [1.82, 2.24) is 9.97 Å². The number of carbonyl (C=O) groups excluding carboxylic acids is 1. The molecule has 5 rings (SSSR count). The summed E-state index contributed by atoms with van der Waals surface area (Å²) in [5, 5.41) is 1.07. The number of amides is 1. The lowest BCUT2D eigenvalue weighted by Crippen LogP contribution is -2.42. The highest BCUT2D eigenvalue weighted by Gasteiger charge is 2.59. The first-order valence-corrected chi connectivity index (χ1v) is 11.3. The molecule has 2 aromatic heterocycles. The molecule has 0 bridgehead atoms. The fourth-order valence-electron chi connectivity index (χ4n) is 4.15. The van der Waals surface area contributed by atoms with Gasteiger partial charge in [-0.1, -0.05) is 35.8 Å². The number of aromatic nitrogens is 2. The van der Waals surface area contributed by atoms with E-state index in [0.717, 1.165) is 25.6 Å². The molecule has 0 fully saturated rings. The Morgan fingerprint density at radius 1 is 1.33 bits per heavy atom. The molecule has 1 aromatic carbocycles. The molecule has 30 heavy (non-hydrogen) atoms. The first-order valence-electron chi connectivity index (χ1n) is 9.69. The van der Waals surface area contributed by atoms with Gasteiger partial charge in [0.25, 0.3) is 0 Å². The van der Waals surface area contributed by atoms with E-state index in [1.54, 1.807) is 24.5 Å². The van der Waals surface area contributed by atoms with Crippen LogP contribution in [0.15, 0.2) is 41.0 Å². The average molecular weight is 486 g/mol. The van der Waals surface area contributed by atoms with Gasteiger partial charge in [-0.05, 0) is 18.2 Å². The van der Waals surface area contributed by atoms with Crippen molar-refractivity contribution in [3.63, 3.8) is 0 Å². The van der Waals surface area contributed by atoms with Gasteiger partial charge in [0.15, 0.2) is 5.41 Å². The maximum absolute atomic E-state index is 14.0. The Morgan fingerprint density at radius 3 is 2.90 bits per heavy atom. The van der Waals surface area contributed by atoms with Crippen molar-refractivity contribution in [3.05, 3.63) is 62.1 Å². The molecule has 1 spiro atoms. The second-order valence-electron chi connectivity index (χ2n) is 7.74. The van der Waals surface area contributed by atoms with Crippen molar-refractivity contribution >= 4 is 38.9 Å². The molecule has 1 atom stereocenters. The monoisotopic (exact) mass is 485 g/mol. The van der Waals surface area contributed by atoms with E-state index in [9.17, 15) is 4.79 Å². The largest absolute Gasteiger partial charge is 0.490 e. The second-order valence-corrected chi connectivity index (χ2v) is 9.74. The van der Waals surface area contributed by atoms with E-state index in [2.05, 4.69) is 39.7 Å². The van der Waals surface area contributed by atoms with Crippen LogP contribution in [0.2, 0.25) is 0 Å². The molecule has 2 aliphatic rings. The van der Waals surface area contributed by atoms with Crippen molar-refractivity contribution in [3.8, 4) is 11.6 Å². The number of pyridine rings is 1. The van der Waals surface area contributed by atoms with Gasteiger partial charge in [-0.3, -0.25) is 4.79 Å². The quantitative estimate of drug-likeness (QED) is 0.537. The molecule has 4 heterocycles. The number of rotatable bonds is 4. The SMILES string of the molecule is COc1ccc2c(n1)C1(CO2)C(=O)N(Cc2cnc(C(C)C)s2)c2cccc(Br)c21. The Bertz CT molecular complexity index is 1160. The Labute approximate surface area is 187 Å². The fraction of sp³-hybridized carbons (Fsp3) is 0.318. The van der Waals surface area contributed by atoms with Gasteiger partial charge in [-0.15, -0.1) is 11.3 Å². The maximum Gasteiger partial charge on any atom is 0.247 e. The second kappa shape index (κ2) is 7.06. The summed E-state index contributed by atoms with van der Waals surface area (Å²) >= 11 is 5.33. The van der Waals surface area contributed by atoms with Crippen LogP contribution in [0.4, 0.5) is 5.69 Å². The Hall–Kier alpha value is -2.45. The number of methoxy groups -OCH3 is 1. The van der Waals surface area contributed by atoms with Crippen LogP contribution in [0.25, 0.3) is 0 Å². The fourth-order valence-corrected chi connectivity index (χ4v) is 5.76. The number of anilines is 1. The average Bonchev–Trinajstić information content (AvgIpc) is 3.42. The molecule has 8 heteroatoms. The first-order chi connectivity index (χ1) is 14.5. The molecule has 0 radical (unpaired) electrons. The lowest BCUT2D eigenvalue weighted by molar-refractivity contribution is -0.122. The molecule has 0 aliphatic carbocycles. The first kappa shape index (κ1) is 19.5. The van der Waals surface area contributed by atoms with Gasteiger partial charge in [-0.25, -0.2) is 9.97 Å². The Kier molecular flexibility index (Phi) is 4.59. The molecular weight excluding hydrogens is 466 g/mol. The van der Waals surface area contributed by atoms with E-state index < -0.39 is 5.41 Å². The van der Waals surface area contributed by atoms with E-state index >= 15 is 0 Å². The molecule has 0 saturated carbocycles. The lowest BCUT2D eigenvalue weighted by atomic mass is 9.80. The molecule has 154 valence electrons. The number of hydrogen-bond donors (Lipinski definition) is 0. The van der Waals surface area contributed by atoms with Crippen LogP contribution < -0.4 is 14.4 Å². The summed E-state index contributed by atoms with van der Waals surface area (Å²) in [5.41, 5.74) is 1.37. The summed E-state index contributed by atoms with van der Waals surface area (Å²) in [6.45, 7) is 4.93. The van der Waals surface area contributed by atoms with Gasteiger partial charge in [0.2, 0.25) is 11.8 Å². The number of carbonyl (C=O) groups is 1. The van der Waals surface area contributed by atoms with E-state index in [0.29, 0.717) is 29.8 Å². The molecule has 6 nitrogen and oxygen atoms in total. The van der Waals surface area contributed by atoms with Crippen molar-refractivity contribution in [2.24, 2.45) is 0 Å². The third kappa shape index (κ3) is 2.70. The summed E-state index contributed by atoms with van der Waals surface area (Å²) in [6.07, 6.45) is 1.87. The van der Waals surface area contributed by atoms with E-state index in [1.807, 2.05) is 35.4 Å². The highest BCUT2D eigenvalue weighted by Crippen LogP contribution is 2.54. The number of fused-ring (bicyclic) bond motifs is 4. The van der Waals surface area contributed by atoms with Gasteiger partial charge in [0, 0.05) is 33.1 Å². The predicted molar refractivity (Wildman–Crippen MR) is 119 cm³/mol. The van der Waals surface area contributed by atoms with Crippen LogP contribution in [0.3, 0.4) is 0 Å². The number of nitrogens with zero attached hydrogens (tertiary/aromatic N) is 3. The van der Waals surface area contributed by atoms with Crippen molar-refractivity contribution in [2.45, 2.75) is 31.7 Å². The number of benzene rings is 1. The van der Waals surface area contributed by atoms with Crippen LogP contribution in [0.1, 0.15) is 40.9 Å². The summed E-state index contributed by atoms with van der Waals surface area (Å²) < 4.78 is 12.2. The minimum Gasteiger partial charge on any atom is -0.490 e. The van der Waals surface area contributed by atoms with Crippen molar-refractivity contribution in [1.29, 1.82) is 0 Å². The topological polar surface area (TPSA) is 64.6 Å². The lowest BCUT2D eigenvalue weighted by Gasteiger charge is -2.22. The molecular formula is C22H20BrN3O3S. The van der Waals surface area contributed by atoms with E-state index in [-0.39, 0.29) is 12.5 Å². The summed E-state index contributed by atoms with van der Waals surface area (Å²) in [4.78, 5) is 26.0. The summed E-state index contributed by atoms with van der Waals surface area (Å²) in [7, 11) is 1.57. The minimum atomic E-state index is -0.995. The molecule has 2 aliphatic heterocycles. The molecule has 0 N–H and O–H groups in total. The third-order valence-corrected chi connectivity index (χ3v) is 7.53. The van der Waals surface area contributed by atoms with Crippen LogP contribution >= 0.6 is 27.3 Å². The van der Waals surface area contributed by atoms with E-state index in [4.69, 9.17) is 9.47 Å². The third-order valence-electron chi connectivity index (χ3n) is 5.59. The number of hydrogen-bond acceptors (Lipinski definition) is 6. The molecule has 1 amide bonds. The standard InChI is InChI=1S/C22H20BrN3O3S/c1-12(2)20-24-9-13(30-20)10-26-15-6-4-5-14(23)18(15)22(21(26)27)11-29-16-7-8-17(28-3)25-19(16)22/h4-9,12H,10-11H2,1-3H3. The zero-order valence-electron chi connectivity index (χ0n) is 16.8. The number of ether oxygens (including phenoxy) is 2. The van der Waals surface area contributed by atoms with Crippen LogP contribution in [-0.2, 0) is 16.8 Å². The predicted octanol–water partition coefficient (Wildman–Crippen LogP) is 4.66. The summed E-state index contributed by atoms with van der Waals surface area (Å²) in [5.74, 6) is 1.40. The minimum absolute atomic E-state index is 0.0385. The maximum atomic E-state index is 14.0. The number of thiazole rings is 1. The van der Waals surface area contributed by atoms with E-state index in [1.165, 1.54) is 0 Å². The Balaban J connectivity index is 1.65. The van der Waals surface area contributed by atoms with Gasteiger partial charge in [-0.2, -0.15) is 0 Å². The highest BCUT2D eigenvalue weighted by molar-refractivity contribution is 9.10. The van der Waals surface area contributed by atoms with Crippen LogP contribution in [-0.4, -0.2) is 29.6 Å². The smallest absolute Gasteiger partial charge is 0.247 e. The van der Waals surface area contributed by atoms with Crippen LogP contribution in [0, 0.1) is 0 Å². The van der Waals surface area contributed by atoms with Gasteiger partial charge in [0.1, 0.15) is 18.1 Å².